The molecule has 0 saturated carbocycles. The number of rotatable bonds is 7. The van der Waals surface area contributed by atoms with E-state index in [-0.39, 0.29) is 24.7 Å². The third kappa shape index (κ3) is 6.30. The molecule has 1 N–H and O–H groups in total. The largest absolute Gasteiger partial charge is 0.484 e. The monoisotopic (exact) mass is 354 g/mol. The lowest BCUT2D eigenvalue weighted by Crippen LogP contribution is -2.46. The highest BCUT2D eigenvalue weighted by Gasteiger charge is 2.21. The van der Waals surface area contributed by atoms with Crippen LogP contribution in [0.2, 0.25) is 5.02 Å². The number of carbonyl (C=O) groups excluding carboxylic acids is 1. The predicted molar refractivity (Wildman–Crippen MR) is 95.8 cm³/mol. The molecule has 1 heterocycles. The summed E-state index contributed by atoms with van der Waals surface area (Å²) in [6, 6.07) is 5.37. The molecule has 1 amide bonds. The number of hydrogen-bond acceptors (Lipinski definition) is 4. The van der Waals surface area contributed by atoms with Crippen LogP contribution in [0.3, 0.4) is 0 Å². The summed E-state index contributed by atoms with van der Waals surface area (Å²) in [5, 5.41) is 3.59. The van der Waals surface area contributed by atoms with E-state index in [1.807, 2.05) is 13.0 Å². The number of carbonyl (C=O) groups is 1. The molecule has 0 aromatic heterocycles. The summed E-state index contributed by atoms with van der Waals surface area (Å²) in [4.78, 5) is 14.2. The van der Waals surface area contributed by atoms with Crippen LogP contribution in [0.1, 0.15) is 25.8 Å². The van der Waals surface area contributed by atoms with Crippen LogP contribution >= 0.6 is 11.6 Å². The Balaban J connectivity index is 1.60. The van der Waals surface area contributed by atoms with Crippen molar-refractivity contribution in [1.29, 1.82) is 0 Å². The third-order valence-electron chi connectivity index (χ3n) is 3.97. The van der Waals surface area contributed by atoms with Crippen LogP contribution in [0.5, 0.6) is 5.75 Å². The van der Waals surface area contributed by atoms with Crippen LogP contribution in [0, 0.1) is 6.92 Å². The van der Waals surface area contributed by atoms with Gasteiger partial charge in [0.15, 0.2) is 6.61 Å². The highest BCUT2D eigenvalue weighted by atomic mass is 35.5. The molecule has 2 atom stereocenters. The fourth-order valence-corrected chi connectivity index (χ4v) is 3.02. The van der Waals surface area contributed by atoms with Gasteiger partial charge in [-0.1, -0.05) is 11.6 Å². The lowest BCUT2D eigenvalue weighted by molar-refractivity contribution is -0.123. The van der Waals surface area contributed by atoms with Gasteiger partial charge in [0.1, 0.15) is 5.75 Å². The van der Waals surface area contributed by atoms with Crippen LogP contribution in [-0.4, -0.2) is 55.8 Å². The molecule has 0 spiro atoms. The maximum absolute atomic E-state index is 11.8. The van der Waals surface area contributed by atoms with Gasteiger partial charge in [-0.2, -0.15) is 0 Å². The van der Waals surface area contributed by atoms with Crippen LogP contribution in [0.25, 0.3) is 0 Å². The number of hydrogen-bond donors (Lipinski definition) is 1. The van der Waals surface area contributed by atoms with E-state index in [9.17, 15) is 4.79 Å². The molecule has 24 heavy (non-hydrogen) atoms. The van der Waals surface area contributed by atoms with Crippen LogP contribution in [0.4, 0.5) is 0 Å². The maximum atomic E-state index is 11.8. The summed E-state index contributed by atoms with van der Waals surface area (Å²) in [5.41, 5.74) is 0.934. The van der Waals surface area contributed by atoms with Crippen molar-refractivity contribution in [3.63, 3.8) is 0 Å². The lowest BCUT2D eigenvalue weighted by Gasteiger charge is -2.35. The molecule has 0 aliphatic carbocycles. The highest BCUT2D eigenvalue weighted by molar-refractivity contribution is 6.31. The summed E-state index contributed by atoms with van der Waals surface area (Å²) in [6.45, 7) is 9.65. The fraction of sp³-hybridized carbons (Fsp3) is 0.611. The average molecular weight is 355 g/mol. The molecule has 5 nitrogen and oxygen atoms in total. The van der Waals surface area contributed by atoms with Gasteiger partial charge in [0, 0.05) is 31.2 Å². The van der Waals surface area contributed by atoms with Gasteiger partial charge in [0.2, 0.25) is 0 Å². The van der Waals surface area contributed by atoms with Crippen molar-refractivity contribution in [2.75, 3.05) is 32.8 Å². The van der Waals surface area contributed by atoms with E-state index in [1.54, 1.807) is 12.1 Å². The number of nitrogens with one attached hydrogen (secondary N) is 1. The Kier molecular flexibility index (Phi) is 7.34. The number of nitrogens with zero attached hydrogens (tertiary/aromatic N) is 1. The molecule has 1 saturated heterocycles. The van der Waals surface area contributed by atoms with Crippen molar-refractivity contribution >= 4 is 17.5 Å². The Hall–Kier alpha value is -1.30. The molecule has 0 radical (unpaired) electrons. The molecule has 6 heteroatoms. The van der Waals surface area contributed by atoms with E-state index in [1.165, 1.54) is 0 Å². The second-order valence-electron chi connectivity index (χ2n) is 6.42. The van der Waals surface area contributed by atoms with E-state index in [0.29, 0.717) is 17.3 Å². The molecule has 134 valence electrons. The molecular formula is C18H27ClN2O3. The number of benzene rings is 1. The van der Waals surface area contributed by atoms with Gasteiger partial charge in [-0.05, 0) is 51.0 Å². The summed E-state index contributed by atoms with van der Waals surface area (Å²) >= 11 is 5.96. The quantitative estimate of drug-likeness (QED) is 0.765. The van der Waals surface area contributed by atoms with E-state index < -0.39 is 0 Å². The first-order valence-electron chi connectivity index (χ1n) is 8.47. The predicted octanol–water partition coefficient (Wildman–Crippen LogP) is 2.64. The van der Waals surface area contributed by atoms with Crippen LogP contribution < -0.4 is 10.1 Å². The summed E-state index contributed by atoms with van der Waals surface area (Å²) in [7, 11) is 0. The van der Waals surface area contributed by atoms with Gasteiger partial charge in [-0.15, -0.1) is 0 Å². The number of halogens is 1. The molecular weight excluding hydrogens is 328 g/mol. The Bertz CT molecular complexity index is 543. The van der Waals surface area contributed by atoms with Crippen molar-refractivity contribution in [3.05, 3.63) is 28.8 Å². The standard InChI is InChI=1S/C18H27ClN2O3/c1-13-9-16(5-6-17(13)19)23-12-18(22)20-7-4-8-21-10-14(2)24-15(3)11-21/h5-6,9,14-15H,4,7-8,10-12H2,1-3H3,(H,20,22). The molecule has 1 aliphatic rings. The minimum absolute atomic E-state index is 0.0205. The number of morpholine rings is 1. The Morgan fingerprint density at radius 1 is 1.38 bits per heavy atom. The molecule has 2 rings (SSSR count). The molecule has 1 aromatic rings. The fourth-order valence-electron chi connectivity index (χ4n) is 2.90. The first-order chi connectivity index (χ1) is 11.4. The first kappa shape index (κ1) is 19.0. The Morgan fingerprint density at radius 3 is 2.75 bits per heavy atom. The maximum Gasteiger partial charge on any atom is 0.257 e. The van der Waals surface area contributed by atoms with Crippen molar-refractivity contribution in [1.82, 2.24) is 10.2 Å². The van der Waals surface area contributed by atoms with Crippen LogP contribution in [-0.2, 0) is 9.53 Å². The molecule has 1 aliphatic heterocycles. The van der Waals surface area contributed by atoms with Crippen molar-refractivity contribution in [2.45, 2.75) is 39.4 Å². The van der Waals surface area contributed by atoms with Gasteiger partial charge in [-0.3, -0.25) is 9.69 Å². The number of aryl methyl sites for hydroxylation is 1. The summed E-state index contributed by atoms with van der Waals surface area (Å²) < 4.78 is 11.2. The SMILES string of the molecule is Cc1cc(OCC(=O)NCCCN2CC(C)OC(C)C2)ccc1Cl. The minimum Gasteiger partial charge on any atom is -0.484 e. The van der Waals surface area contributed by atoms with Gasteiger partial charge in [-0.25, -0.2) is 0 Å². The zero-order valence-electron chi connectivity index (χ0n) is 14.7. The van der Waals surface area contributed by atoms with Gasteiger partial charge >= 0.3 is 0 Å². The zero-order chi connectivity index (χ0) is 17.5. The van der Waals surface area contributed by atoms with E-state index in [0.717, 1.165) is 31.6 Å². The van der Waals surface area contributed by atoms with Crippen molar-refractivity contribution in [3.8, 4) is 5.75 Å². The normalized spacial score (nSPS) is 21.5. The van der Waals surface area contributed by atoms with Crippen LogP contribution in [0.15, 0.2) is 18.2 Å². The number of ether oxygens (including phenoxy) is 2. The molecule has 1 fully saturated rings. The summed E-state index contributed by atoms with van der Waals surface area (Å²) in [6.07, 6.45) is 1.48. The lowest BCUT2D eigenvalue weighted by atomic mass is 10.2. The minimum atomic E-state index is -0.105. The topological polar surface area (TPSA) is 50.8 Å². The number of amides is 1. The van der Waals surface area contributed by atoms with Gasteiger partial charge in [0.25, 0.3) is 5.91 Å². The smallest absolute Gasteiger partial charge is 0.257 e. The molecule has 2 unspecified atom stereocenters. The zero-order valence-corrected chi connectivity index (χ0v) is 15.4. The first-order valence-corrected chi connectivity index (χ1v) is 8.85. The van der Waals surface area contributed by atoms with E-state index >= 15 is 0 Å². The average Bonchev–Trinajstić information content (AvgIpc) is 2.52. The van der Waals surface area contributed by atoms with Gasteiger partial charge in [0.05, 0.1) is 12.2 Å². The second kappa shape index (κ2) is 9.25. The second-order valence-corrected chi connectivity index (χ2v) is 6.83. The third-order valence-corrected chi connectivity index (χ3v) is 4.39. The van der Waals surface area contributed by atoms with Crippen molar-refractivity contribution < 1.29 is 14.3 Å². The van der Waals surface area contributed by atoms with E-state index in [4.69, 9.17) is 21.1 Å². The Morgan fingerprint density at radius 2 is 2.08 bits per heavy atom. The summed E-state index contributed by atoms with van der Waals surface area (Å²) in [5.74, 6) is 0.551. The highest BCUT2D eigenvalue weighted by Crippen LogP contribution is 2.20. The van der Waals surface area contributed by atoms with E-state index in [2.05, 4.69) is 24.1 Å². The molecule has 0 bridgehead atoms. The van der Waals surface area contributed by atoms with Crippen molar-refractivity contribution in [2.24, 2.45) is 0 Å². The molecule has 1 aromatic carbocycles. The Labute approximate surface area is 149 Å². The van der Waals surface area contributed by atoms with Gasteiger partial charge < -0.3 is 14.8 Å².